The molecule has 2 aliphatic heterocycles. The summed E-state index contributed by atoms with van der Waals surface area (Å²) < 4.78 is 71.9. The molecule has 5 unspecified atom stereocenters. The number of likely N-dealkylation sites (N-methyl/N-ethyl adjacent to an activating group) is 1. The minimum Gasteiger partial charge on any atom is -0.463 e. The van der Waals surface area contributed by atoms with Gasteiger partial charge in [0.25, 0.3) is 0 Å². The molecule has 2 aliphatic rings. The van der Waals surface area contributed by atoms with Gasteiger partial charge in [0, 0.05) is 39.1 Å². The van der Waals surface area contributed by atoms with Crippen LogP contribution in [0.5, 0.6) is 0 Å². The Balaban J connectivity index is 1.48. The second-order valence-electron chi connectivity index (χ2n) is 15.6. The number of rotatable bonds is 39. The highest BCUT2D eigenvalue weighted by Crippen LogP contribution is 2.32. The van der Waals surface area contributed by atoms with Crippen molar-refractivity contribution < 1.29 is 91.6 Å². The molecule has 22 heteroatoms. The molecule has 0 aliphatic carbocycles. The van der Waals surface area contributed by atoms with E-state index >= 15 is 0 Å². The third-order valence-corrected chi connectivity index (χ3v) is 10.5. The molecule has 0 aromatic heterocycles. The quantitative estimate of drug-likeness (QED) is 0.0280. The summed E-state index contributed by atoms with van der Waals surface area (Å²) in [6.45, 7) is 14.6. The van der Waals surface area contributed by atoms with Gasteiger partial charge in [-0.25, -0.2) is 0 Å². The fourth-order valence-corrected chi connectivity index (χ4v) is 7.13. The summed E-state index contributed by atoms with van der Waals surface area (Å²) in [4.78, 5) is 26.2. The maximum atomic E-state index is 12.3. The van der Waals surface area contributed by atoms with Gasteiger partial charge in [-0.05, 0) is 20.9 Å². The topological polar surface area (TPSA) is 262 Å². The van der Waals surface area contributed by atoms with Crippen LogP contribution in [0.15, 0.2) is 0 Å². The van der Waals surface area contributed by atoms with Crippen molar-refractivity contribution in [2.24, 2.45) is 5.92 Å². The third-order valence-electron chi connectivity index (χ3n) is 10.5. The summed E-state index contributed by atoms with van der Waals surface area (Å²) in [6, 6.07) is -1.68. The molecule has 0 radical (unpaired) electrons. The number of carbonyl (C=O) groups excluding carboxylic acids is 2. The van der Waals surface area contributed by atoms with Crippen LogP contribution in [0.4, 0.5) is 0 Å². The first-order valence-electron chi connectivity index (χ1n) is 22.5. The van der Waals surface area contributed by atoms with Crippen LogP contribution in [0.25, 0.3) is 0 Å². The van der Waals surface area contributed by atoms with Crippen LogP contribution in [-0.4, -0.2) is 258 Å². The van der Waals surface area contributed by atoms with Crippen molar-refractivity contribution in [2.45, 2.75) is 95.2 Å². The number of aliphatic hydroxyl groups is 4. The Morgan fingerprint density at radius 3 is 1.56 bits per heavy atom. The van der Waals surface area contributed by atoms with E-state index in [9.17, 15) is 30.0 Å². The van der Waals surface area contributed by atoms with Gasteiger partial charge >= 0.3 is 5.97 Å². The average Bonchev–Trinajstić information content (AvgIpc) is 3.26. The molecule has 64 heavy (non-hydrogen) atoms. The lowest BCUT2D eigenvalue weighted by molar-refractivity contribution is -0.310. The molecule has 22 nitrogen and oxygen atoms in total. The molecule has 2 saturated heterocycles. The number of carbonyl (C=O) groups is 2. The zero-order chi connectivity index (χ0) is 47.0. The monoisotopic (exact) mass is 932 g/mol. The zero-order valence-electron chi connectivity index (χ0n) is 39.0. The van der Waals surface area contributed by atoms with Gasteiger partial charge in [0.2, 0.25) is 5.91 Å². The maximum Gasteiger partial charge on any atom is 0.307 e. The summed E-state index contributed by atoms with van der Waals surface area (Å²) >= 11 is 0. The van der Waals surface area contributed by atoms with Gasteiger partial charge in [0.05, 0.1) is 156 Å². The molecule has 1 amide bonds. The van der Waals surface area contributed by atoms with E-state index in [4.69, 9.17) is 61.6 Å². The van der Waals surface area contributed by atoms with E-state index < -0.39 is 80.0 Å². The van der Waals surface area contributed by atoms with Gasteiger partial charge < -0.3 is 92.6 Å². The number of nitrogens with one attached hydrogen (secondary N) is 2. The number of esters is 1. The fourth-order valence-electron chi connectivity index (χ4n) is 7.13. The maximum absolute atomic E-state index is 12.3. The molecule has 6 N–H and O–H groups in total. The van der Waals surface area contributed by atoms with E-state index in [-0.39, 0.29) is 31.6 Å². The van der Waals surface area contributed by atoms with Gasteiger partial charge in [0.15, 0.2) is 6.29 Å². The van der Waals surface area contributed by atoms with Crippen LogP contribution in [0.3, 0.4) is 0 Å². The number of methoxy groups -OCH3 is 1. The van der Waals surface area contributed by atoms with Crippen molar-refractivity contribution in [3.63, 3.8) is 0 Å². The molecule has 11 atom stereocenters. The van der Waals surface area contributed by atoms with Crippen molar-refractivity contribution in [3.05, 3.63) is 0 Å². The van der Waals surface area contributed by atoms with Gasteiger partial charge in [-0.3, -0.25) is 14.5 Å². The first-order valence-corrected chi connectivity index (χ1v) is 22.5. The van der Waals surface area contributed by atoms with E-state index in [1.165, 1.54) is 6.92 Å². The minimum atomic E-state index is -1.24. The van der Waals surface area contributed by atoms with Crippen LogP contribution < -0.4 is 10.6 Å². The number of hydrogen-bond acceptors (Lipinski definition) is 21. The van der Waals surface area contributed by atoms with Crippen LogP contribution in [-0.2, 0) is 71.2 Å². The lowest BCUT2D eigenvalue weighted by Gasteiger charge is -2.50. The third kappa shape index (κ3) is 24.3. The van der Waals surface area contributed by atoms with Gasteiger partial charge in [0.1, 0.15) is 31.0 Å². The minimum absolute atomic E-state index is 0.107. The highest BCUT2D eigenvalue weighted by atomic mass is 16.7. The van der Waals surface area contributed by atoms with E-state index in [0.29, 0.717) is 119 Å². The summed E-state index contributed by atoms with van der Waals surface area (Å²) in [5.41, 5.74) is 0. The van der Waals surface area contributed by atoms with E-state index in [1.807, 2.05) is 18.9 Å². The van der Waals surface area contributed by atoms with E-state index in [1.54, 1.807) is 21.0 Å². The molecule has 378 valence electrons. The fraction of sp³-hybridized carbons (Fsp3) is 0.952. The van der Waals surface area contributed by atoms with Gasteiger partial charge in [-0.1, -0.05) is 6.92 Å². The highest BCUT2D eigenvalue weighted by molar-refractivity contribution is 5.73. The normalized spacial score (nSPS) is 26.6. The van der Waals surface area contributed by atoms with Crippen molar-refractivity contribution in [3.8, 4) is 0 Å². The molecular formula is C42H81N3O19. The van der Waals surface area contributed by atoms with Crippen LogP contribution in [0.1, 0.15) is 34.1 Å². The van der Waals surface area contributed by atoms with Crippen LogP contribution >= 0.6 is 0 Å². The van der Waals surface area contributed by atoms with E-state index in [0.717, 1.165) is 0 Å². The average molecular weight is 932 g/mol. The molecule has 0 aromatic rings. The van der Waals surface area contributed by atoms with Crippen molar-refractivity contribution in [1.82, 2.24) is 15.5 Å². The second-order valence-corrected chi connectivity index (χ2v) is 15.6. The molecule has 2 heterocycles. The van der Waals surface area contributed by atoms with Crippen LogP contribution in [0, 0.1) is 5.92 Å². The Bertz CT molecular complexity index is 1170. The second kappa shape index (κ2) is 36.3. The Morgan fingerprint density at radius 2 is 1.12 bits per heavy atom. The Labute approximate surface area is 379 Å². The highest BCUT2D eigenvalue weighted by Gasteiger charge is 2.50. The predicted octanol–water partition coefficient (Wildman–Crippen LogP) is -2.28. The van der Waals surface area contributed by atoms with Gasteiger partial charge in [-0.2, -0.15) is 0 Å². The lowest BCUT2D eigenvalue weighted by atomic mass is 9.88. The van der Waals surface area contributed by atoms with Crippen molar-refractivity contribution >= 4 is 11.9 Å². The molecule has 2 fully saturated rings. The van der Waals surface area contributed by atoms with Crippen molar-refractivity contribution in [2.75, 3.05) is 159 Å². The number of hydrogen-bond donors (Lipinski definition) is 6. The molecule has 0 saturated carbocycles. The number of amides is 1. The Hall–Kier alpha value is -1.78. The standard InChI is InChI=1S/C42H81N3O19/c1-30(27-45(5)38-32(3)62-35(29-47)41(40(38)51)64-42-37(44-33(4)48)39(50)31(2)34(28-46)63-42)43-8-7-36(49)61-26-25-60-24-23-59-22-21-58-20-19-57-18-17-56-16-15-55-14-13-54-12-11-53-10-9-52-6/h30-32,34-35,37-43,46-47,50-51H,7-29H2,1-6H3,(H,44,48)/t30?,31-,32-,34?,35?,37?,38?,39-,40+,41+,42-/m0/s1. The molecule has 0 bridgehead atoms. The van der Waals surface area contributed by atoms with Crippen molar-refractivity contribution in [1.29, 1.82) is 0 Å². The van der Waals surface area contributed by atoms with E-state index in [2.05, 4.69) is 10.6 Å². The number of aliphatic hydroxyl groups excluding tert-OH is 4. The first kappa shape index (κ1) is 58.3. The van der Waals surface area contributed by atoms with Gasteiger partial charge in [-0.15, -0.1) is 0 Å². The number of ether oxygens (including phenoxy) is 13. The SMILES string of the molecule is COCCOCCOCCOCCOCCOCCOCCOCCOCCOC(=O)CCNC(C)CN(C)C1[C@H](C)OC(CO)[C@@H](O[C@@H]2OC(CO)[C@H](C)[C@H](O)C2NC(C)=O)[C@@H]1O. The number of nitrogens with zero attached hydrogens (tertiary/aromatic N) is 1. The zero-order valence-corrected chi connectivity index (χ0v) is 39.0. The smallest absolute Gasteiger partial charge is 0.307 e. The largest absolute Gasteiger partial charge is 0.463 e. The molecule has 0 spiro atoms. The first-order chi connectivity index (χ1) is 30.9. The Kier molecular flexibility index (Phi) is 33.1. The lowest BCUT2D eigenvalue weighted by Crippen LogP contribution is -2.67. The summed E-state index contributed by atoms with van der Waals surface area (Å²) in [7, 11) is 3.45. The summed E-state index contributed by atoms with van der Waals surface area (Å²) in [5, 5.41) is 48.5. The summed E-state index contributed by atoms with van der Waals surface area (Å²) in [5.74, 6) is -1.31. The summed E-state index contributed by atoms with van der Waals surface area (Å²) in [6.07, 6.45) is -6.71. The van der Waals surface area contributed by atoms with Crippen LogP contribution in [0.2, 0.25) is 0 Å². The molecule has 0 aromatic carbocycles. The Morgan fingerprint density at radius 1 is 0.672 bits per heavy atom. The predicted molar refractivity (Wildman–Crippen MR) is 229 cm³/mol. The molecular weight excluding hydrogens is 850 g/mol. The molecule has 2 rings (SSSR count).